The summed E-state index contributed by atoms with van der Waals surface area (Å²) in [6, 6.07) is 9.09. The van der Waals surface area contributed by atoms with E-state index in [1.165, 1.54) is 17.6 Å². The molecule has 1 aromatic rings. The number of nitrogens with one attached hydrogen (secondary N) is 3. The maximum Gasteiger partial charge on any atom is 0.243 e. The number of amides is 2. The molecule has 0 heterocycles. The zero-order chi connectivity index (χ0) is 24.6. The smallest absolute Gasteiger partial charge is 0.243 e. The summed E-state index contributed by atoms with van der Waals surface area (Å²) in [4.78, 5) is 25.3. The zero-order valence-corrected chi connectivity index (χ0v) is 21.8. The molecule has 0 saturated heterocycles. The second-order valence-electron chi connectivity index (χ2n) is 8.96. The van der Waals surface area contributed by atoms with E-state index in [1.54, 1.807) is 0 Å². The summed E-state index contributed by atoms with van der Waals surface area (Å²) in [7, 11) is 0. The number of rotatable bonds is 16. The van der Waals surface area contributed by atoms with Gasteiger partial charge in [-0.1, -0.05) is 54.1 Å². The Bertz CT molecular complexity index is 801. The van der Waals surface area contributed by atoms with Gasteiger partial charge in [0, 0.05) is 32.5 Å². The molecule has 0 spiro atoms. The zero-order valence-electron chi connectivity index (χ0n) is 21.0. The standard InChI is InChI=1S/C27H42N4O3.ClH/c1-21(2)24-12-10-23(11-13-24)20-29-15-6-9-26(32)31-25(19-22-7-4-3-5-8-22)27(33)30-16-18-34-17-14-28;/h3-5,7-8,10,24-25,29H,1,6,9,11-20,28H2,2H3,(H,30,33)(H,31,32);1H/t24-,25-;/m0./s1. The maximum atomic E-state index is 12.7. The summed E-state index contributed by atoms with van der Waals surface area (Å²) in [5.41, 5.74) is 9.11. The van der Waals surface area contributed by atoms with Crippen LogP contribution >= 0.6 is 12.4 Å². The Labute approximate surface area is 216 Å². The number of hydrogen-bond donors (Lipinski definition) is 4. The van der Waals surface area contributed by atoms with E-state index in [4.69, 9.17) is 10.5 Å². The molecule has 5 N–H and O–H groups in total. The van der Waals surface area contributed by atoms with Crippen LogP contribution < -0.4 is 21.7 Å². The third kappa shape index (κ3) is 12.9. The average Bonchev–Trinajstić information content (AvgIpc) is 2.84. The monoisotopic (exact) mass is 506 g/mol. The Balaban J connectivity index is 0.00000612. The van der Waals surface area contributed by atoms with Crippen LogP contribution in [0.15, 0.2) is 54.1 Å². The minimum Gasteiger partial charge on any atom is -0.378 e. The fourth-order valence-electron chi connectivity index (χ4n) is 4.00. The van der Waals surface area contributed by atoms with Gasteiger partial charge in [0.05, 0.1) is 13.2 Å². The Morgan fingerprint density at radius 3 is 2.63 bits per heavy atom. The first kappa shape index (κ1) is 30.8. The van der Waals surface area contributed by atoms with Gasteiger partial charge in [-0.2, -0.15) is 0 Å². The van der Waals surface area contributed by atoms with Crippen LogP contribution in [0, 0.1) is 5.92 Å². The minimum absolute atomic E-state index is 0. The number of hydrogen-bond acceptors (Lipinski definition) is 5. The quantitative estimate of drug-likeness (QED) is 0.204. The molecule has 0 aromatic heterocycles. The summed E-state index contributed by atoms with van der Waals surface area (Å²) in [5.74, 6) is 0.300. The Hall–Kier alpha value is -2.19. The second-order valence-corrected chi connectivity index (χ2v) is 8.96. The van der Waals surface area contributed by atoms with E-state index in [2.05, 4.69) is 35.5 Å². The molecule has 2 amide bonds. The van der Waals surface area contributed by atoms with Gasteiger partial charge >= 0.3 is 0 Å². The van der Waals surface area contributed by atoms with E-state index in [1.807, 2.05) is 30.3 Å². The topological polar surface area (TPSA) is 105 Å². The molecular formula is C27H43ClN4O3. The van der Waals surface area contributed by atoms with Crippen molar-refractivity contribution in [2.45, 2.75) is 51.5 Å². The van der Waals surface area contributed by atoms with Gasteiger partial charge in [-0.15, -0.1) is 12.4 Å². The second kappa shape index (κ2) is 18.1. The molecule has 8 heteroatoms. The predicted molar refractivity (Wildman–Crippen MR) is 145 cm³/mol. The number of nitrogens with two attached hydrogens (primary N) is 1. The Morgan fingerprint density at radius 2 is 1.97 bits per heavy atom. The van der Waals surface area contributed by atoms with E-state index >= 15 is 0 Å². The molecule has 0 bridgehead atoms. The van der Waals surface area contributed by atoms with Crippen LogP contribution in [0.3, 0.4) is 0 Å². The summed E-state index contributed by atoms with van der Waals surface area (Å²) in [5, 5.41) is 9.20. The fourth-order valence-corrected chi connectivity index (χ4v) is 4.00. The van der Waals surface area contributed by atoms with Crippen molar-refractivity contribution < 1.29 is 14.3 Å². The first-order valence-corrected chi connectivity index (χ1v) is 12.4. The van der Waals surface area contributed by atoms with E-state index in [0.717, 1.165) is 37.9 Å². The van der Waals surface area contributed by atoms with E-state index in [-0.39, 0.29) is 24.2 Å². The van der Waals surface area contributed by atoms with Crippen molar-refractivity contribution in [3.63, 3.8) is 0 Å². The van der Waals surface area contributed by atoms with Crippen LogP contribution in [0.1, 0.15) is 44.6 Å². The molecule has 0 aliphatic heterocycles. The predicted octanol–water partition coefficient (Wildman–Crippen LogP) is 2.90. The van der Waals surface area contributed by atoms with Gasteiger partial charge in [0.2, 0.25) is 11.8 Å². The highest BCUT2D eigenvalue weighted by atomic mass is 35.5. The van der Waals surface area contributed by atoms with Gasteiger partial charge in [-0.3, -0.25) is 9.59 Å². The molecule has 0 radical (unpaired) electrons. The van der Waals surface area contributed by atoms with Gasteiger partial charge in [0.1, 0.15) is 6.04 Å². The van der Waals surface area contributed by atoms with Crippen molar-refractivity contribution in [3.05, 3.63) is 59.7 Å². The van der Waals surface area contributed by atoms with Crippen LogP contribution in [-0.4, -0.2) is 57.2 Å². The Morgan fingerprint density at radius 1 is 1.20 bits per heavy atom. The number of carbonyl (C=O) groups excluding carboxylic acids is 2. The fraction of sp³-hybridized carbons (Fsp3) is 0.556. The van der Waals surface area contributed by atoms with Gasteiger partial charge in [0.15, 0.2) is 0 Å². The molecule has 2 atom stereocenters. The third-order valence-corrected chi connectivity index (χ3v) is 6.05. The van der Waals surface area contributed by atoms with E-state index in [0.29, 0.717) is 45.1 Å². The molecule has 1 aliphatic rings. The van der Waals surface area contributed by atoms with Crippen LogP contribution in [0.4, 0.5) is 0 Å². The van der Waals surface area contributed by atoms with Crippen molar-refractivity contribution >= 4 is 24.2 Å². The summed E-state index contributed by atoms with van der Waals surface area (Å²) in [6.07, 6.45) is 7.24. The summed E-state index contributed by atoms with van der Waals surface area (Å²) >= 11 is 0. The molecule has 7 nitrogen and oxygen atoms in total. The van der Waals surface area contributed by atoms with Crippen molar-refractivity contribution in [1.29, 1.82) is 0 Å². The van der Waals surface area contributed by atoms with Crippen molar-refractivity contribution in [3.8, 4) is 0 Å². The average molecular weight is 507 g/mol. The van der Waals surface area contributed by atoms with Crippen LogP contribution in [0.5, 0.6) is 0 Å². The maximum absolute atomic E-state index is 12.7. The van der Waals surface area contributed by atoms with Crippen LogP contribution in [0.25, 0.3) is 0 Å². The van der Waals surface area contributed by atoms with Gasteiger partial charge < -0.3 is 26.4 Å². The molecular weight excluding hydrogens is 464 g/mol. The number of halogens is 1. The molecule has 1 aromatic carbocycles. The molecule has 35 heavy (non-hydrogen) atoms. The summed E-state index contributed by atoms with van der Waals surface area (Å²) < 4.78 is 5.31. The van der Waals surface area contributed by atoms with Gasteiger partial charge in [0.25, 0.3) is 0 Å². The minimum atomic E-state index is -0.619. The molecule has 2 rings (SSSR count). The lowest BCUT2D eigenvalue weighted by molar-refractivity contribution is -0.129. The van der Waals surface area contributed by atoms with Crippen molar-refractivity contribution in [2.75, 3.05) is 39.4 Å². The normalized spacial score (nSPS) is 15.9. The highest BCUT2D eigenvalue weighted by Crippen LogP contribution is 2.27. The lowest BCUT2D eigenvalue weighted by Gasteiger charge is -2.22. The van der Waals surface area contributed by atoms with Gasteiger partial charge in [-0.25, -0.2) is 0 Å². The lowest BCUT2D eigenvalue weighted by atomic mass is 9.85. The number of benzene rings is 1. The Kier molecular flexibility index (Phi) is 16.0. The van der Waals surface area contributed by atoms with Gasteiger partial charge in [-0.05, 0) is 50.6 Å². The molecule has 0 unspecified atom stereocenters. The highest BCUT2D eigenvalue weighted by molar-refractivity contribution is 5.87. The molecule has 0 saturated carbocycles. The molecule has 196 valence electrons. The number of allylic oxidation sites excluding steroid dienone is 2. The highest BCUT2D eigenvalue weighted by Gasteiger charge is 2.21. The first-order valence-electron chi connectivity index (χ1n) is 12.4. The molecule has 1 aliphatic carbocycles. The number of carbonyl (C=O) groups is 2. The van der Waals surface area contributed by atoms with Crippen molar-refractivity contribution in [1.82, 2.24) is 16.0 Å². The number of ether oxygens (including phenoxy) is 1. The SMILES string of the molecule is C=C(C)[C@H]1CC=C(CNCCCC(=O)N[C@@H](Cc2ccccc2)C(=O)NCCOCCN)CC1.Cl. The third-order valence-electron chi connectivity index (χ3n) is 6.05. The van der Waals surface area contributed by atoms with E-state index < -0.39 is 6.04 Å². The molecule has 0 fully saturated rings. The lowest BCUT2D eigenvalue weighted by Crippen LogP contribution is -2.48. The van der Waals surface area contributed by atoms with Crippen LogP contribution in [-0.2, 0) is 20.7 Å². The largest absolute Gasteiger partial charge is 0.378 e. The first-order chi connectivity index (χ1) is 16.5. The van der Waals surface area contributed by atoms with E-state index in [9.17, 15) is 9.59 Å². The van der Waals surface area contributed by atoms with Crippen molar-refractivity contribution in [2.24, 2.45) is 11.7 Å². The van der Waals surface area contributed by atoms with Crippen LogP contribution in [0.2, 0.25) is 0 Å². The summed E-state index contributed by atoms with van der Waals surface area (Å²) in [6.45, 7) is 9.50.